The minimum absolute atomic E-state index is 0.448. The van der Waals surface area contributed by atoms with Crippen molar-refractivity contribution in [3.63, 3.8) is 0 Å². The summed E-state index contributed by atoms with van der Waals surface area (Å²) in [6.45, 7) is 8.12. The molecule has 2 aromatic carbocycles. The van der Waals surface area contributed by atoms with Gasteiger partial charge in [-0.3, -0.25) is 5.43 Å². The third kappa shape index (κ3) is 4.41. The average Bonchev–Trinajstić information content (AvgIpc) is 2.93. The Bertz CT molecular complexity index is 989. The number of hydrazone groups is 1. The second-order valence-corrected chi connectivity index (χ2v) is 6.88. The first-order chi connectivity index (χ1) is 13.0. The lowest BCUT2D eigenvalue weighted by Crippen LogP contribution is -2.24. The summed E-state index contributed by atoms with van der Waals surface area (Å²) in [7, 11) is 0. The summed E-state index contributed by atoms with van der Waals surface area (Å²) in [6, 6.07) is 16.2. The molecule has 0 spiro atoms. The molecule has 0 radical (unpaired) electrons. The van der Waals surface area contributed by atoms with Crippen molar-refractivity contribution in [2.75, 3.05) is 5.32 Å². The van der Waals surface area contributed by atoms with Crippen LogP contribution in [0, 0.1) is 27.7 Å². The topological polar surface area (TPSA) is 54.2 Å². The Morgan fingerprint density at radius 2 is 1.81 bits per heavy atom. The van der Waals surface area contributed by atoms with Gasteiger partial charge in [-0.25, -0.2) is 4.68 Å². The third-order valence-electron chi connectivity index (χ3n) is 4.34. The van der Waals surface area contributed by atoms with Crippen LogP contribution in [0.3, 0.4) is 0 Å². The predicted molar refractivity (Wildman–Crippen MR) is 116 cm³/mol. The van der Waals surface area contributed by atoms with Crippen LogP contribution in [0.4, 0.5) is 5.69 Å². The maximum atomic E-state index is 5.33. The summed E-state index contributed by atoms with van der Waals surface area (Å²) in [5.41, 5.74) is 10.1. The smallest absolute Gasteiger partial charge is 0.191 e. The lowest BCUT2D eigenvalue weighted by Gasteiger charge is -2.10. The van der Waals surface area contributed by atoms with E-state index in [-0.39, 0.29) is 0 Å². The number of anilines is 1. The van der Waals surface area contributed by atoms with E-state index in [2.05, 4.69) is 33.9 Å². The summed E-state index contributed by atoms with van der Waals surface area (Å²) in [5, 5.41) is 12.5. The van der Waals surface area contributed by atoms with Crippen molar-refractivity contribution in [2.45, 2.75) is 27.7 Å². The lowest BCUT2D eigenvalue weighted by molar-refractivity contribution is 0.833. The van der Waals surface area contributed by atoms with E-state index in [0.29, 0.717) is 5.11 Å². The van der Waals surface area contributed by atoms with E-state index in [9.17, 15) is 0 Å². The molecule has 27 heavy (non-hydrogen) atoms. The van der Waals surface area contributed by atoms with E-state index in [1.54, 1.807) is 6.21 Å². The van der Waals surface area contributed by atoms with Crippen LogP contribution >= 0.6 is 12.2 Å². The number of hydrogen-bond acceptors (Lipinski definition) is 3. The van der Waals surface area contributed by atoms with Crippen LogP contribution in [0.25, 0.3) is 5.69 Å². The van der Waals surface area contributed by atoms with Crippen LogP contribution in [0.2, 0.25) is 0 Å². The number of rotatable bonds is 4. The third-order valence-corrected chi connectivity index (χ3v) is 4.53. The first kappa shape index (κ1) is 18.8. The Kier molecular flexibility index (Phi) is 5.66. The molecule has 1 aromatic heterocycles. The van der Waals surface area contributed by atoms with Crippen LogP contribution in [-0.4, -0.2) is 21.1 Å². The SMILES string of the molecule is Cc1ccc(NC(=S)NN=Cc2c(C)nn(-c3ccccc3)c2C)c(C)c1. The Balaban J connectivity index is 1.69. The van der Waals surface area contributed by atoms with Crippen LogP contribution in [0.5, 0.6) is 0 Å². The van der Waals surface area contributed by atoms with E-state index >= 15 is 0 Å². The van der Waals surface area contributed by atoms with Gasteiger partial charge in [0.05, 0.1) is 23.3 Å². The molecule has 1 heterocycles. The van der Waals surface area contributed by atoms with Crippen molar-refractivity contribution in [3.05, 3.63) is 76.6 Å². The van der Waals surface area contributed by atoms with Gasteiger partial charge in [-0.05, 0) is 63.7 Å². The summed E-state index contributed by atoms with van der Waals surface area (Å²) < 4.78 is 1.92. The van der Waals surface area contributed by atoms with Crippen molar-refractivity contribution in [3.8, 4) is 5.69 Å². The molecule has 0 aliphatic carbocycles. The second-order valence-electron chi connectivity index (χ2n) is 6.47. The molecule has 0 aliphatic rings. The Hall–Kier alpha value is -2.99. The predicted octanol–water partition coefficient (Wildman–Crippen LogP) is 4.43. The molecule has 0 aliphatic heterocycles. The van der Waals surface area contributed by atoms with Gasteiger partial charge in [-0.2, -0.15) is 10.2 Å². The fourth-order valence-corrected chi connectivity index (χ4v) is 3.08. The molecule has 5 nitrogen and oxygen atoms in total. The van der Waals surface area contributed by atoms with Gasteiger partial charge in [-0.1, -0.05) is 35.9 Å². The molecule has 2 N–H and O–H groups in total. The highest BCUT2D eigenvalue weighted by Gasteiger charge is 2.11. The van der Waals surface area contributed by atoms with E-state index in [1.807, 2.05) is 67.9 Å². The van der Waals surface area contributed by atoms with Gasteiger partial charge in [-0.15, -0.1) is 0 Å². The number of para-hydroxylation sites is 1. The van der Waals surface area contributed by atoms with E-state index < -0.39 is 0 Å². The molecule has 0 bridgehead atoms. The maximum absolute atomic E-state index is 5.33. The molecule has 0 unspecified atom stereocenters. The van der Waals surface area contributed by atoms with E-state index in [0.717, 1.165) is 33.9 Å². The summed E-state index contributed by atoms with van der Waals surface area (Å²) in [5.74, 6) is 0. The monoisotopic (exact) mass is 377 g/mol. The molecular formula is C21H23N5S. The van der Waals surface area contributed by atoms with Crippen molar-refractivity contribution < 1.29 is 0 Å². The Labute approximate surface area is 165 Å². The number of nitrogens with one attached hydrogen (secondary N) is 2. The summed E-state index contributed by atoms with van der Waals surface area (Å²) in [6.07, 6.45) is 1.76. The summed E-state index contributed by atoms with van der Waals surface area (Å²) in [4.78, 5) is 0. The van der Waals surface area contributed by atoms with Crippen molar-refractivity contribution in [1.82, 2.24) is 15.2 Å². The molecule has 0 atom stereocenters. The second kappa shape index (κ2) is 8.14. The van der Waals surface area contributed by atoms with Crippen LogP contribution in [0.1, 0.15) is 28.1 Å². The van der Waals surface area contributed by atoms with Gasteiger partial charge >= 0.3 is 0 Å². The Morgan fingerprint density at radius 3 is 2.52 bits per heavy atom. The molecule has 3 aromatic rings. The van der Waals surface area contributed by atoms with Gasteiger partial charge in [0.2, 0.25) is 0 Å². The van der Waals surface area contributed by atoms with Crippen molar-refractivity contribution in [2.24, 2.45) is 5.10 Å². The first-order valence-corrected chi connectivity index (χ1v) is 9.15. The zero-order chi connectivity index (χ0) is 19.4. The summed E-state index contributed by atoms with van der Waals surface area (Å²) >= 11 is 5.33. The molecule has 0 fully saturated rings. The van der Waals surface area contributed by atoms with Gasteiger partial charge in [0.15, 0.2) is 5.11 Å². The van der Waals surface area contributed by atoms with Crippen LogP contribution in [-0.2, 0) is 0 Å². The van der Waals surface area contributed by atoms with Gasteiger partial charge in [0.1, 0.15) is 0 Å². The fraction of sp³-hybridized carbons (Fsp3) is 0.190. The number of hydrogen-bond donors (Lipinski definition) is 2. The highest BCUT2D eigenvalue weighted by molar-refractivity contribution is 7.80. The molecule has 3 rings (SSSR count). The van der Waals surface area contributed by atoms with Crippen molar-refractivity contribution in [1.29, 1.82) is 0 Å². The molecule has 0 saturated carbocycles. The number of benzene rings is 2. The highest BCUT2D eigenvalue weighted by Crippen LogP contribution is 2.17. The maximum Gasteiger partial charge on any atom is 0.191 e. The molecule has 138 valence electrons. The molecule has 0 amide bonds. The van der Waals surface area contributed by atoms with Gasteiger partial charge in [0, 0.05) is 11.3 Å². The van der Waals surface area contributed by atoms with Crippen molar-refractivity contribution >= 4 is 29.2 Å². The quantitative estimate of drug-likeness (QED) is 0.401. The first-order valence-electron chi connectivity index (χ1n) is 8.74. The van der Waals surface area contributed by atoms with E-state index in [4.69, 9.17) is 12.2 Å². The Morgan fingerprint density at radius 1 is 1.07 bits per heavy atom. The van der Waals surface area contributed by atoms with Crippen LogP contribution in [0.15, 0.2) is 53.6 Å². The zero-order valence-electron chi connectivity index (χ0n) is 15.9. The number of thiocarbonyl (C=S) groups is 1. The average molecular weight is 378 g/mol. The molecule has 0 saturated heterocycles. The normalized spacial score (nSPS) is 11.0. The van der Waals surface area contributed by atoms with Crippen LogP contribution < -0.4 is 10.7 Å². The minimum Gasteiger partial charge on any atom is -0.331 e. The molecular weight excluding hydrogens is 354 g/mol. The van der Waals surface area contributed by atoms with Gasteiger partial charge in [0.25, 0.3) is 0 Å². The number of aromatic nitrogens is 2. The number of nitrogens with zero attached hydrogens (tertiary/aromatic N) is 3. The standard InChI is InChI=1S/C21H23N5S/c1-14-10-11-20(15(2)12-14)23-21(27)24-22-13-19-16(3)25-26(17(19)4)18-8-6-5-7-9-18/h5-13H,1-4H3,(H2,23,24,27). The fourth-order valence-electron chi connectivity index (χ4n) is 2.92. The largest absolute Gasteiger partial charge is 0.331 e. The lowest BCUT2D eigenvalue weighted by atomic mass is 10.1. The number of aryl methyl sites for hydroxylation is 3. The highest BCUT2D eigenvalue weighted by atomic mass is 32.1. The molecule has 6 heteroatoms. The van der Waals surface area contributed by atoms with Gasteiger partial charge < -0.3 is 5.32 Å². The van der Waals surface area contributed by atoms with E-state index in [1.165, 1.54) is 5.56 Å². The minimum atomic E-state index is 0.448. The zero-order valence-corrected chi connectivity index (χ0v) is 16.8.